The fraction of sp³-hybridized carbons (Fsp3) is 1.00. The van der Waals surface area contributed by atoms with Crippen molar-refractivity contribution in [1.29, 1.82) is 0 Å². The Kier molecular flexibility index (Phi) is 2.61. The van der Waals surface area contributed by atoms with Crippen LogP contribution in [0, 0.1) is 0 Å². The molecule has 0 N–H and O–H groups in total. The smallest absolute Gasteiger partial charge is 0.0493 e. The summed E-state index contributed by atoms with van der Waals surface area (Å²) < 4.78 is 0. The van der Waals surface area contributed by atoms with Crippen LogP contribution in [0.15, 0.2) is 0 Å². The Morgan fingerprint density at radius 1 is 1.50 bits per heavy atom. The van der Waals surface area contributed by atoms with Gasteiger partial charge in [0, 0.05) is 5.37 Å². The highest BCUT2D eigenvalue weighted by Crippen LogP contribution is 1.92. The van der Waals surface area contributed by atoms with Gasteiger partial charge in [0.05, 0.1) is 0 Å². The van der Waals surface area contributed by atoms with Crippen LogP contribution in [0.5, 0.6) is 0 Å². The van der Waals surface area contributed by atoms with Crippen molar-refractivity contribution in [2.45, 2.75) is 12.3 Å². The standard InChI is InChI=1S/C4H11NS/c1-4(6)5(2)3/h4,6H,1-3H3. The topological polar surface area (TPSA) is 3.24 Å². The molecule has 0 heterocycles. The summed E-state index contributed by atoms with van der Waals surface area (Å²) >= 11 is 4.12. The molecule has 0 aromatic heterocycles. The van der Waals surface area contributed by atoms with Gasteiger partial charge in [0.2, 0.25) is 0 Å². The maximum Gasteiger partial charge on any atom is 0.0493 e. The lowest BCUT2D eigenvalue weighted by molar-refractivity contribution is 0.404. The number of nitrogens with zero attached hydrogens (tertiary/aromatic N) is 1. The van der Waals surface area contributed by atoms with Crippen LogP contribution < -0.4 is 0 Å². The van der Waals surface area contributed by atoms with Gasteiger partial charge < -0.3 is 0 Å². The maximum absolute atomic E-state index is 4.12. The van der Waals surface area contributed by atoms with Crippen LogP contribution >= 0.6 is 12.6 Å². The molecule has 6 heavy (non-hydrogen) atoms. The summed E-state index contributed by atoms with van der Waals surface area (Å²) in [5.74, 6) is 0. The van der Waals surface area contributed by atoms with E-state index in [0.717, 1.165) is 0 Å². The zero-order valence-electron chi connectivity index (χ0n) is 4.47. The van der Waals surface area contributed by atoms with Crippen molar-refractivity contribution in [1.82, 2.24) is 4.90 Å². The highest BCUT2D eigenvalue weighted by molar-refractivity contribution is 7.80. The van der Waals surface area contributed by atoms with Crippen molar-refractivity contribution < 1.29 is 0 Å². The number of thiol groups is 1. The minimum absolute atomic E-state index is 0.380. The van der Waals surface area contributed by atoms with E-state index in [4.69, 9.17) is 0 Å². The summed E-state index contributed by atoms with van der Waals surface area (Å²) in [6, 6.07) is 0. The third-order valence-electron chi connectivity index (χ3n) is 0.747. The molecule has 0 bridgehead atoms. The van der Waals surface area contributed by atoms with Crippen LogP contribution in [-0.4, -0.2) is 24.4 Å². The van der Waals surface area contributed by atoms with Gasteiger partial charge in [-0.2, -0.15) is 12.6 Å². The predicted molar refractivity (Wildman–Crippen MR) is 32.1 cm³/mol. The summed E-state index contributed by atoms with van der Waals surface area (Å²) in [6.07, 6.45) is 0. The first-order valence-electron chi connectivity index (χ1n) is 1.99. The largest absolute Gasteiger partial charge is 0.298 e. The fourth-order valence-corrected chi connectivity index (χ4v) is 0. The van der Waals surface area contributed by atoms with Gasteiger partial charge in [-0.05, 0) is 21.0 Å². The van der Waals surface area contributed by atoms with Crippen LogP contribution in [0.25, 0.3) is 0 Å². The van der Waals surface area contributed by atoms with Crippen LogP contribution in [0.4, 0.5) is 0 Å². The molecule has 0 saturated heterocycles. The molecule has 38 valence electrons. The van der Waals surface area contributed by atoms with E-state index in [2.05, 4.69) is 12.6 Å². The molecule has 0 aliphatic carbocycles. The van der Waals surface area contributed by atoms with Crippen molar-refractivity contribution in [2.24, 2.45) is 0 Å². The Morgan fingerprint density at radius 3 is 1.67 bits per heavy atom. The van der Waals surface area contributed by atoms with Gasteiger partial charge in [0.1, 0.15) is 0 Å². The average molecular weight is 105 g/mol. The molecule has 0 aromatic carbocycles. The van der Waals surface area contributed by atoms with Gasteiger partial charge in [-0.15, -0.1) is 0 Å². The van der Waals surface area contributed by atoms with E-state index < -0.39 is 0 Å². The van der Waals surface area contributed by atoms with Gasteiger partial charge in [-0.3, -0.25) is 4.90 Å². The predicted octanol–water partition coefficient (Wildman–Crippen LogP) is 0.824. The highest BCUT2D eigenvalue weighted by Gasteiger charge is 1.91. The summed E-state index contributed by atoms with van der Waals surface area (Å²) in [5.41, 5.74) is 0. The van der Waals surface area contributed by atoms with E-state index in [0.29, 0.717) is 5.37 Å². The van der Waals surface area contributed by atoms with E-state index >= 15 is 0 Å². The first-order valence-corrected chi connectivity index (χ1v) is 2.50. The zero-order valence-corrected chi connectivity index (χ0v) is 5.37. The lowest BCUT2D eigenvalue weighted by Crippen LogP contribution is -2.17. The summed E-state index contributed by atoms with van der Waals surface area (Å²) in [6.45, 7) is 2.03. The van der Waals surface area contributed by atoms with Gasteiger partial charge >= 0.3 is 0 Å². The zero-order chi connectivity index (χ0) is 5.15. The van der Waals surface area contributed by atoms with Crippen molar-refractivity contribution in [3.05, 3.63) is 0 Å². The van der Waals surface area contributed by atoms with Crippen LogP contribution in [-0.2, 0) is 0 Å². The van der Waals surface area contributed by atoms with Gasteiger partial charge in [-0.25, -0.2) is 0 Å². The molecular weight excluding hydrogens is 94.1 g/mol. The molecule has 0 radical (unpaired) electrons. The van der Waals surface area contributed by atoms with Gasteiger partial charge in [0.25, 0.3) is 0 Å². The highest BCUT2D eigenvalue weighted by atomic mass is 32.1. The van der Waals surface area contributed by atoms with E-state index in [1.54, 1.807) is 0 Å². The van der Waals surface area contributed by atoms with Crippen LogP contribution in [0.1, 0.15) is 6.92 Å². The van der Waals surface area contributed by atoms with E-state index in [-0.39, 0.29) is 0 Å². The van der Waals surface area contributed by atoms with E-state index in [9.17, 15) is 0 Å². The van der Waals surface area contributed by atoms with Crippen molar-refractivity contribution in [2.75, 3.05) is 14.1 Å². The Hall–Kier alpha value is 0.310. The normalized spacial score (nSPS) is 15.5. The van der Waals surface area contributed by atoms with E-state index in [1.165, 1.54) is 0 Å². The van der Waals surface area contributed by atoms with Crippen LogP contribution in [0.2, 0.25) is 0 Å². The quantitative estimate of drug-likeness (QED) is 0.382. The van der Waals surface area contributed by atoms with Gasteiger partial charge in [0.15, 0.2) is 0 Å². The summed E-state index contributed by atoms with van der Waals surface area (Å²) in [7, 11) is 4.00. The third kappa shape index (κ3) is 2.54. The molecule has 1 nitrogen and oxygen atoms in total. The second-order valence-corrected chi connectivity index (χ2v) is 2.34. The summed E-state index contributed by atoms with van der Waals surface area (Å²) in [4.78, 5) is 2.03. The molecule has 2 heteroatoms. The SMILES string of the molecule is CC(S)N(C)C. The van der Waals surface area contributed by atoms with Crippen molar-refractivity contribution >= 4 is 12.6 Å². The minimum Gasteiger partial charge on any atom is -0.298 e. The number of hydrogen-bond donors (Lipinski definition) is 1. The first-order chi connectivity index (χ1) is 2.64. The molecule has 0 fully saturated rings. The molecule has 0 saturated carbocycles. The fourth-order valence-electron chi connectivity index (χ4n) is 0. The molecule has 1 unspecified atom stereocenters. The minimum atomic E-state index is 0.380. The maximum atomic E-state index is 4.12. The Morgan fingerprint density at radius 2 is 1.67 bits per heavy atom. The monoisotopic (exact) mass is 105 g/mol. The van der Waals surface area contributed by atoms with E-state index in [1.807, 2.05) is 25.9 Å². The number of hydrogen-bond acceptors (Lipinski definition) is 2. The molecule has 0 aliphatic rings. The lowest BCUT2D eigenvalue weighted by Gasteiger charge is -2.11. The second-order valence-electron chi connectivity index (χ2n) is 1.60. The Bertz CT molecular complexity index is 28.5. The molecule has 0 amide bonds. The molecular formula is C4H11NS. The molecule has 0 spiro atoms. The van der Waals surface area contributed by atoms with Crippen molar-refractivity contribution in [3.63, 3.8) is 0 Å². The Balaban J connectivity index is 2.99. The first kappa shape index (κ1) is 6.31. The van der Waals surface area contributed by atoms with Crippen molar-refractivity contribution in [3.8, 4) is 0 Å². The van der Waals surface area contributed by atoms with Gasteiger partial charge in [-0.1, -0.05) is 0 Å². The third-order valence-corrected chi connectivity index (χ3v) is 1.21. The molecule has 0 aromatic rings. The Labute approximate surface area is 44.7 Å². The molecule has 1 atom stereocenters. The summed E-state index contributed by atoms with van der Waals surface area (Å²) in [5, 5.41) is 0.380. The second kappa shape index (κ2) is 2.48. The molecule has 0 rings (SSSR count). The lowest BCUT2D eigenvalue weighted by atomic mass is 10.7. The molecule has 0 aliphatic heterocycles. The van der Waals surface area contributed by atoms with Crippen LogP contribution in [0.3, 0.4) is 0 Å². The number of rotatable bonds is 1. The average Bonchev–Trinajstić information content (AvgIpc) is 1.36.